The number of hydrogen-bond acceptors (Lipinski definition) is 0. The highest BCUT2D eigenvalue weighted by Gasteiger charge is 2.21. The predicted octanol–water partition coefficient (Wildman–Crippen LogP) is 11.9. The zero-order valence-corrected chi connectivity index (χ0v) is 25.1. The molecular weight excluding hydrogens is 556 g/mol. The van der Waals surface area contributed by atoms with Gasteiger partial charge < -0.3 is 9.13 Å². The summed E-state index contributed by atoms with van der Waals surface area (Å²) in [5.74, 6) is 0. The highest BCUT2D eigenvalue weighted by Crippen LogP contribution is 2.43. The Morgan fingerprint density at radius 3 is 1.67 bits per heavy atom. The number of nitrogens with zero attached hydrogens (tertiary/aromatic N) is 2. The number of fused-ring (bicyclic) bond motifs is 9. The van der Waals surface area contributed by atoms with Crippen molar-refractivity contribution in [1.82, 2.24) is 9.13 Å². The van der Waals surface area contributed by atoms with Crippen LogP contribution in [0, 0.1) is 0 Å². The lowest BCUT2D eigenvalue weighted by atomic mass is 10.0. The van der Waals surface area contributed by atoms with Crippen molar-refractivity contribution in [3.8, 4) is 22.5 Å². The molecule has 2 heteroatoms. The fourth-order valence-electron chi connectivity index (χ4n) is 7.58. The first-order chi connectivity index (χ1) is 22.8. The van der Waals surface area contributed by atoms with Crippen LogP contribution in [0.2, 0.25) is 0 Å². The molecule has 0 spiro atoms. The molecule has 10 rings (SSSR count). The second kappa shape index (κ2) is 9.69. The first-order valence-corrected chi connectivity index (χ1v) is 15.9. The first kappa shape index (κ1) is 25.2. The lowest BCUT2D eigenvalue weighted by molar-refractivity contribution is 1.17. The standard InChI is InChI=1S/C44H28N2/c1-2-11-29(12-3-1)32-17-10-18-35(25-32)46-41-24-23-40-43(44(41)38-27-33-15-6-7-16-34(33)28-42(38)46)37-19-8-9-20-39(37)45(40)36-22-21-30-13-4-5-14-31(30)26-36/h1-28H. The third kappa shape index (κ3) is 3.65. The SMILES string of the molecule is c1ccc(-c2cccc(-n3c4cc5ccccc5cc4c4c5c6ccccc6n(-c6ccc7ccccc7c6)c5ccc43)c2)cc1. The summed E-state index contributed by atoms with van der Waals surface area (Å²) in [6.07, 6.45) is 0. The Morgan fingerprint density at radius 1 is 0.283 bits per heavy atom. The van der Waals surface area contributed by atoms with Gasteiger partial charge in [0.1, 0.15) is 0 Å². The summed E-state index contributed by atoms with van der Waals surface area (Å²) >= 11 is 0. The molecule has 0 aliphatic rings. The molecule has 46 heavy (non-hydrogen) atoms. The van der Waals surface area contributed by atoms with Gasteiger partial charge in [-0.05, 0) is 87.3 Å². The largest absolute Gasteiger partial charge is 0.309 e. The van der Waals surface area contributed by atoms with Gasteiger partial charge in [-0.25, -0.2) is 0 Å². The quantitative estimate of drug-likeness (QED) is 0.195. The second-order valence-electron chi connectivity index (χ2n) is 12.2. The highest BCUT2D eigenvalue weighted by molar-refractivity contribution is 6.30. The molecule has 2 heterocycles. The van der Waals surface area contributed by atoms with E-state index in [2.05, 4.69) is 179 Å². The van der Waals surface area contributed by atoms with Gasteiger partial charge in [0.2, 0.25) is 0 Å². The zero-order valence-electron chi connectivity index (χ0n) is 25.1. The fourth-order valence-corrected chi connectivity index (χ4v) is 7.58. The van der Waals surface area contributed by atoms with Crippen LogP contribution in [-0.4, -0.2) is 9.13 Å². The fraction of sp³-hybridized carbons (Fsp3) is 0. The van der Waals surface area contributed by atoms with E-state index >= 15 is 0 Å². The Balaban J connectivity index is 1.35. The molecule has 214 valence electrons. The topological polar surface area (TPSA) is 9.86 Å². The van der Waals surface area contributed by atoms with Crippen LogP contribution in [0.5, 0.6) is 0 Å². The number of benzene rings is 8. The van der Waals surface area contributed by atoms with Gasteiger partial charge >= 0.3 is 0 Å². The van der Waals surface area contributed by atoms with Crippen LogP contribution in [0.3, 0.4) is 0 Å². The van der Waals surface area contributed by atoms with E-state index in [1.807, 2.05) is 0 Å². The van der Waals surface area contributed by atoms with Crippen LogP contribution in [-0.2, 0) is 0 Å². The highest BCUT2D eigenvalue weighted by atomic mass is 15.0. The zero-order chi connectivity index (χ0) is 30.2. The van der Waals surface area contributed by atoms with Crippen LogP contribution in [0.1, 0.15) is 0 Å². The molecule has 2 nitrogen and oxygen atoms in total. The second-order valence-corrected chi connectivity index (χ2v) is 12.2. The minimum Gasteiger partial charge on any atom is -0.309 e. The van der Waals surface area contributed by atoms with Crippen molar-refractivity contribution in [2.24, 2.45) is 0 Å². The molecule has 0 unspecified atom stereocenters. The molecule has 0 fully saturated rings. The molecule has 0 aliphatic heterocycles. The summed E-state index contributed by atoms with van der Waals surface area (Å²) in [6, 6.07) is 62.0. The van der Waals surface area contributed by atoms with Gasteiger partial charge in [-0.3, -0.25) is 0 Å². The Kier molecular flexibility index (Phi) is 5.31. The molecule has 0 amide bonds. The van der Waals surface area contributed by atoms with E-state index in [0.717, 1.165) is 5.69 Å². The minimum absolute atomic E-state index is 1.16. The van der Waals surface area contributed by atoms with E-state index < -0.39 is 0 Å². The summed E-state index contributed by atoms with van der Waals surface area (Å²) in [6.45, 7) is 0. The van der Waals surface area contributed by atoms with Gasteiger partial charge in [-0.1, -0.05) is 115 Å². The van der Waals surface area contributed by atoms with E-state index in [4.69, 9.17) is 0 Å². The van der Waals surface area contributed by atoms with Crippen molar-refractivity contribution in [2.75, 3.05) is 0 Å². The molecule has 2 aromatic heterocycles. The number of hydrogen-bond donors (Lipinski definition) is 0. The van der Waals surface area contributed by atoms with Gasteiger partial charge in [-0.2, -0.15) is 0 Å². The smallest absolute Gasteiger partial charge is 0.0548 e. The third-order valence-electron chi connectivity index (χ3n) is 9.63. The van der Waals surface area contributed by atoms with Crippen LogP contribution in [0.25, 0.3) is 87.7 Å². The maximum atomic E-state index is 2.46. The summed E-state index contributed by atoms with van der Waals surface area (Å²) in [5.41, 5.74) is 9.63. The van der Waals surface area contributed by atoms with E-state index in [1.54, 1.807) is 0 Å². The molecule has 8 aromatic carbocycles. The Labute approximate surface area is 266 Å². The molecule has 0 bridgehead atoms. The van der Waals surface area contributed by atoms with Crippen molar-refractivity contribution in [2.45, 2.75) is 0 Å². The maximum absolute atomic E-state index is 2.46. The normalized spacial score (nSPS) is 11.9. The van der Waals surface area contributed by atoms with Crippen LogP contribution in [0.4, 0.5) is 0 Å². The van der Waals surface area contributed by atoms with Gasteiger partial charge in [-0.15, -0.1) is 0 Å². The van der Waals surface area contributed by atoms with Crippen molar-refractivity contribution in [3.05, 3.63) is 170 Å². The lowest BCUT2D eigenvalue weighted by Gasteiger charge is -2.11. The minimum atomic E-state index is 1.16. The van der Waals surface area contributed by atoms with Crippen molar-refractivity contribution in [1.29, 1.82) is 0 Å². The summed E-state index contributed by atoms with van der Waals surface area (Å²) in [4.78, 5) is 0. The third-order valence-corrected chi connectivity index (χ3v) is 9.63. The molecule has 0 aliphatic carbocycles. The maximum Gasteiger partial charge on any atom is 0.0548 e. The molecule has 0 radical (unpaired) electrons. The van der Waals surface area contributed by atoms with E-state index in [1.165, 1.54) is 82.0 Å². The first-order valence-electron chi connectivity index (χ1n) is 15.9. The summed E-state index contributed by atoms with van der Waals surface area (Å²) in [5, 5.41) is 10.1. The van der Waals surface area contributed by atoms with Crippen LogP contribution in [0.15, 0.2) is 170 Å². The van der Waals surface area contributed by atoms with Gasteiger partial charge in [0, 0.05) is 32.9 Å². The van der Waals surface area contributed by atoms with Gasteiger partial charge in [0.15, 0.2) is 0 Å². The van der Waals surface area contributed by atoms with Gasteiger partial charge in [0.05, 0.1) is 22.1 Å². The lowest BCUT2D eigenvalue weighted by Crippen LogP contribution is -1.95. The van der Waals surface area contributed by atoms with E-state index in [9.17, 15) is 0 Å². The molecule has 10 aromatic rings. The molecule has 0 saturated carbocycles. The van der Waals surface area contributed by atoms with Crippen molar-refractivity contribution in [3.63, 3.8) is 0 Å². The number of aromatic nitrogens is 2. The summed E-state index contributed by atoms with van der Waals surface area (Å²) in [7, 11) is 0. The predicted molar refractivity (Wildman–Crippen MR) is 196 cm³/mol. The number of rotatable bonds is 3. The van der Waals surface area contributed by atoms with Crippen LogP contribution >= 0.6 is 0 Å². The Bertz CT molecular complexity index is 2800. The van der Waals surface area contributed by atoms with Gasteiger partial charge in [0.25, 0.3) is 0 Å². The van der Waals surface area contributed by atoms with E-state index in [-0.39, 0.29) is 0 Å². The molecular formula is C44H28N2. The van der Waals surface area contributed by atoms with Crippen molar-refractivity contribution >= 4 is 65.2 Å². The number of para-hydroxylation sites is 1. The average Bonchev–Trinajstić information content (AvgIpc) is 3.63. The molecule has 0 saturated heterocycles. The monoisotopic (exact) mass is 584 g/mol. The van der Waals surface area contributed by atoms with Crippen molar-refractivity contribution < 1.29 is 0 Å². The molecule has 0 N–H and O–H groups in total. The van der Waals surface area contributed by atoms with E-state index in [0.29, 0.717) is 0 Å². The molecule has 0 atom stereocenters. The van der Waals surface area contributed by atoms with Crippen LogP contribution < -0.4 is 0 Å². The Morgan fingerprint density at radius 2 is 0.870 bits per heavy atom. The summed E-state index contributed by atoms with van der Waals surface area (Å²) < 4.78 is 4.90. The average molecular weight is 585 g/mol. The Hall–Kier alpha value is -6.12.